The standard InChI is InChI=1S/C23H19F3N2O3/c24-23(25,26)17-10-12-27-21(14-17)31-20-11-13-28(15-20)22(29)16-6-8-19(9-7-16)30-18-4-2-1-3-5-18/h1-10,12,14,20H,11,13,15H2. The Kier molecular flexibility index (Phi) is 5.79. The Balaban J connectivity index is 1.35. The molecule has 0 N–H and O–H groups in total. The third-order valence-corrected chi connectivity index (χ3v) is 4.86. The molecule has 2 heterocycles. The van der Waals surface area contributed by atoms with Crippen molar-refractivity contribution in [3.8, 4) is 17.4 Å². The van der Waals surface area contributed by atoms with Crippen LogP contribution in [0.2, 0.25) is 0 Å². The van der Waals surface area contributed by atoms with E-state index in [9.17, 15) is 18.0 Å². The van der Waals surface area contributed by atoms with E-state index in [2.05, 4.69) is 4.98 Å². The van der Waals surface area contributed by atoms with Crippen molar-refractivity contribution < 1.29 is 27.4 Å². The number of hydrogen-bond acceptors (Lipinski definition) is 4. The van der Waals surface area contributed by atoms with Gasteiger partial charge >= 0.3 is 6.18 Å². The fourth-order valence-electron chi connectivity index (χ4n) is 3.30. The van der Waals surface area contributed by atoms with Crippen LogP contribution >= 0.6 is 0 Å². The first-order valence-electron chi connectivity index (χ1n) is 9.70. The largest absolute Gasteiger partial charge is 0.472 e. The maximum absolute atomic E-state index is 12.8. The molecule has 4 rings (SSSR count). The van der Waals surface area contributed by atoms with Crippen molar-refractivity contribution in [2.24, 2.45) is 0 Å². The number of carbonyl (C=O) groups is 1. The molecule has 1 unspecified atom stereocenters. The summed E-state index contributed by atoms with van der Waals surface area (Å²) in [6.45, 7) is 0.726. The van der Waals surface area contributed by atoms with E-state index >= 15 is 0 Å². The van der Waals surface area contributed by atoms with E-state index in [1.165, 1.54) is 0 Å². The van der Waals surface area contributed by atoms with Gasteiger partial charge in [-0.15, -0.1) is 0 Å². The van der Waals surface area contributed by atoms with Crippen molar-refractivity contribution in [3.63, 3.8) is 0 Å². The van der Waals surface area contributed by atoms with Crippen LogP contribution in [-0.4, -0.2) is 35.0 Å². The van der Waals surface area contributed by atoms with Crippen LogP contribution < -0.4 is 9.47 Å². The number of ether oxygens (including phenoxy) is 2. The lowest BCUT2D eigenvalue weighted by atomic mass is 10.2. The van der Waals surface area contributed by atoms with Crippen LogP contribution in [0, 0.1) is 0 Å². The summed E-state index contributed by atoms with van der Waals surface area (Å²) in [5.74, 6) is 1.04. The minimum Gasteiger partial charge on any atom is -0.472 e. The number of rotatable bonds is 5. The Bertz CT molecular complexity index is 1040. The number of para-hydroxylation sites is 1. The summed E-state index contributed by atoms with van der Waals surface area (Å²) >= 11 is 0. The van der Waals surface area contributed by atoms with Gasteiger partial charge in [0.05, 0.1) is 12.1 Å². The number of aromatic nitrogens is 1. The van der Waals surface area contributed by atoms with Crippen LogP contribution in [0.1, 0.15) is 22.3 Å². The maximum atomic E-state index is 12.8. The summed E-state index contributed by atoms with van der Waals surface area (Å²) in [6.07, 6.45) is -3.30. The first-order chi connectivity index (χ1) is 14.9. The normalized spacial score (nSPS) is 16.2. The van der Waals surface area contributed by atoms with E-state index in [4.69, 9.17) is 9.47 Å². The molecule has 31 heavy (non-hydrogen) atoms. The summed E-state index contributed by atoms with van der Waals surface area (Å²) in [4.78, 5) is 18.2. The van der Waals surface area contributed by atoms with Gasteiger partial charge in [-0.1, -0.05) is 18.2 Å². The lowest BCUT2D eigenvalue weighted by Gasteiger charge is -2.17. The van der Waals surface area contributed by atoms with Gasteiger partial charge in [0, 0.05) is 30.8 Å². The minimum absolute atomic E-state index is 0.100. The first-order valence-corrected chi connectivity index (χ1v) is 9.70. The Labute approximate surface area is 177 Å². The summed E-state index contributed by atoms with van der Waals surface area (Å²) in [6, 6.07) is 17.9. The highest BCUT2D eigenvalue weighted by molar-refractivity contribution is 5.94. The molecule has 160 valence electrons. The monoisotopic (exact) mass is 428 g/mol. The van der Waals surface area contributed by atoms with Gasteiger partial charge in [0.2, 0.25) is 5.88 Å². The molecule has 1 atom stereocenters. The van der Waals surface area contributed by atoms with E-state index in [1.807, 2.05) is 30.3 Å². The molecule has 1 aromatic heterocycles. The topological polar surface area (TPSA) is 51.7 Å². The van der Waals surface area contributed by atoms with Crippen LogP contribution in [0.4, 0.5) is 13.2 Å². The molecule has 1 aliphatic heterocycles. The van der Waals surface area contributed by atoms with E-state index < -0.39 is 17.8 Å². The number of pyridine rings is 1. The molecule has 5 nitrogen and oxygen atoms in total. The third-order valence-electron chi connectivity index (χ3n) is 4.86. The van der Waals surface area contributed by atoms with Crippen LogP contribution in [-0.2, 0) is 6.18 Å². The summed E-state index contributed by atoms with van der Waals surface area (Å²) in [5, 5.41) is 0. The van der Waals surface area contributed by atoms with Crippen LogP contribution in [0.25, 0.3) is 0 Å². The van der Waals surface area contributed by atoms with Crippen LogP contribution in [0.5, 0.6) is 17.4 Å². The van der Waals surface area contributed by atoms with Crippen molar-refractivity contribution in [1.82, 2.24) is 9.88 Å². The number of hydrogen-bond donors (Lipinski definition) is 0. The second kappa shape index (κ2) is 8.67. The van der Waals surface area contributed by atoms with Crippen LogP contribution in [0.15, 0.2) is 72.9 Å². The average Bonchev–Trinajstić information content (AvgIpc) is 3.22. The minimum atomic E-state index is -4.46. The zero-order chi connectivity index (χ0) is 21.8. The van der Waals surface area contributed by atoms with Crippen LogP contribution in [0.3, 0.4) is 0 Å². The fourth-order valence-corrected chi connectivity index (χ4v) is 3.30. The molecule has 1 amide bonds. The molecule has 0 saturated carbocycles. The Hall–Kier alpha value is -3.55. The molecular formula is C23H19F3N2O3. The second-order valence-corrected chi connectivity index (χ2v) is 7.10. The number of halogens is 3. The SMILES string of the molecule is O=C(c1ccc(Oc2ccccc2)cc1)N1CCC(Oc2cc(C(F)(F)F)ccn2)C1. The van der Waals surface area contributed by atoms with Gasteiger partial charge in [0.15, 0.2) is 0 Å². The van der Waals surface area contributed by atoms with Gasteiger partial charge in [-0.3, -0.25) is 4.79 Å². The Morgan fingerprint density at radius 2 is 1.71 bits per heavy atom. The van der Waals surface area contributed by atoms with Crippen molar-refractivity contribution in [1.29, 1.82) is 0 Å². The predicted octanol–water partition coefficient (Wildman–Crippen LogP) is 5.19. The Morgan fingerprint density at radius 1 is 1.00 bits per heavy atom. The predicted molar refractivity (Wildman–Crippen MR) is 107 cm³/mol. The highest BCUT2D eigenvalue weighted by Crippen LogP contribution is 2.31. The maximum Gasteiger partial charge on any atom is 0.416 e. The Morgan fingerprint density at radius 3 is 2.42 bits per heavy atom. The van der Waals surface area contributed by atoms with E-state index in [0.717, 1.165) is 18.3 Å². The molecule has 0 bridgehead atoms. The summed E-state index contributed by atoms with van der Waals surface area (Å²) in [5.41, 5.74) is -0.320. The molecule has 0 spiro atoms. The molecule has 1 aliphatic rings. The van der Waals surface area contributed by atoms with Gasteiger partial charge in [-0.2, -0.15) is 13.2 Å². The van der Waals surface area contributed by atoms with Crippen molar-refractivity contribution in [2.45, 2.75) is 18.7 Å². The number of benzene rings is 2. The smallest absolute Gasteiger partial charge is 0.416 e. The van der Waals surface area contributed by atoms with Gasteiger partial charge in [0.25, 0.3) is 5.91 Å². The number of carbonyl (C=O) groups excluding carboxylic acids is 1. The van der Waals surface area contributed by atoms with Crippen molar-refractivity contribution >= 4 is 5.91 Å². The molecule has 0 aliphatic carbocycles. The molecular weight excluding hydrogens is 409 g/mol. The zero-order valence-corrected chi connectivity index (χ0v) is 16.4. The highest BCUT2D eigenvalue weighted by atomic mass is 19.4. The molecule has 1 fully saturated rings. The number of amides is 1. The molecule has 2 aromatic carbocycles. The van der Waals surface area contributed by atoms with Crippen molar-refractivity contribution in [2.75, 3.05) is 13.1 Å². The molecule has 8 heteroatoms. The van der Waals surface area contributed by atoms with E-state index in [-0.39, 0.29) is 18.3 Å². The second-order valence-electron chi connectivity index (χ2n) is 7.10. The number of alkyl halides is 3. The highest BCUT2D eigenvalue weighted by Gasteiger charge is 2.32. The number of nitrogens with zero attached hydrogens (tertiary/aromatic N) is 2. The molecule has 3 aromatic rings. The lowest BCUT2D eigenvalue weighted by Crippen LogP contribution is -2.31. The van der Waals surface area contributed by atoms with Gasteiger partial charge in [-0.05, 0) is 42.5 Å². The van der Waals surface area contributed by atoms with Gasteiger partial charge in [-0.25, -0.2) is 4.98 Å². The number of likely N-dealkylation sites (tertiary alicyclic amines) is 1. The van der Waals surface area contributed by atoms with Gasteiger partial charge in [0.1, 0.15) is 17.6 Å². The third kappa shape index (κ3) is 5.14. The van der Waals surface area contributed by atoms with E-state index in [1.54, 1.807) is 29.2 Å². The lowest BCUT2D eigenvalue weighted by molar-refractivity contribution is -0.137. The van der Waals surface area contributed by atoms with Crippen molar-refractivity contribution in [3.05, 3.63) is 84.1 Å². The average molecular weight is 428 g/mol. The summed E-state index contributed by atoms with van der Waals surface area (Å²) in [7, 11) is 0. The fraction of sp³-hybridized carbons (Fsp3) is 0.217. The molecule has 1 saturated heterocycles. The first kappa shape index (κ1) is 20.7. The van der Waals surface area contributed by atoms with Gasteiger partial charge < -0.3 is 14.4 Å². The quantitative estimate of drug-likeness (QED) is 0.562. The molecule has 0 radical (unpaired) electrons. The summed E-state index contributed by atoms with van der Waals surface area (Å²) < 4.78 is 49.8. The van der Waals surface area contributed by atoms with E-state index in [0.29, 0.717) is 30.0 Å². The zero-order valence-electron chi connectivity index (χ0n) is 16.4.